The first-order valence-corrected chi connectivity index (χ1v) is 10.5. The van der Waals surface area contributed by atoms with Crippen LogP contribution in [0.4, 0.5) is 5.13 Å². The Morgan fingerprint density at radius 3 is 2.60 bits per heavy atom. The highest BCUT2D eigenvalue weighted by Gasteiger charge is 2.16. The second kappa shape index (κ2) is 10.1. The van der Waals surface area contributed by atoms with Crippen molar-refractivity contribution in [1.29, 1.82) is 0 Å². The minimum Gasteiger partial charge on any atom is -0.497 e. The van der Waals surface area contributed by atoms with E-state index >= 15 is 0 Å². The van der Waals surface area contributed by atoms with E-state index in [4.69, 9.17) is 9.47 Å². The van der Waals surface area contributed by atoms with Crippen LogP contribution in [0.3, 0.4) is 0 Å². The molecule has 0 aliphatic heterocycles. The zero-order valence-electron chi connectivity index (χ0n) is 16.6. The van der Waals surface area contributed by atoms with Gasteiger partial charge in [-0.05, 0) is 19.1 Å². The van der Waals surface area contributed by atoms with Gasteiger partial charge in [-0.25, -0.2) is 0 Å². The van der Waals surface area contributed by atoms with E-state index in [-0.39, 0.29) is 17.3 Å². The third kappa shape index (κ3) is 5.70. The van der Waals surface area contributed by atoms with E-state index < -0.39 is 5.91 Å². The van der Waals surface area contributed by atoms with Crippen molar-refractivity contribution < 1.29 is 19.1 Å². The highest BCUT2D eigenvalue weighted by molar-refractivity contribution is 7.15. The maximum Gasteiger partial charge on any atom is 0.288 e. The second-order valence-corrected chi connectivity index (χ2v) is 8.28. The van der Waals surface area contributed by atoms with Gasteiger partial charge in [-0.2, -0.15) is 0 Å². The van der Waals surface area contributed by atoms with Gasteiger partial charge in [0.2, 0.25) is 16.0 Å². The lowest BCUT2D eigenvalue weighted by Crippen LogP contribution is -2.23. The van der Waals surface area contributed by atoms with Gasteiger partial charge in [-0.15, -0.1) is 20.4 Å². The first-order chi connectivity index (χ1) is 14.5. The van der Waals surface area contributed by atoms with Crippen molar-refractivity contribution in [2.24, 2.45) is 0 Å². The number of methoxy groups -OCH3 is 2. The van der Waals surface area contributed by atoms with Crippen molar-refractivity contribution in [3.8, 4) is 11.5 Å². The zero-order valence-corrected chi connectivity index (χ0v) is 18.2. The summed E-state index contributed by atoms with van der Waals surface area (Å²) in [7, 11) is 3.14. The summed E-state index contributed by atoms with van der Waals surface area (Å²) in [5, 5.41) is 23.0. The molecule has 0 spiro atoms. The molecule has 2 heterocycles. The lowest BCUT2D eigenvalue weighted by molar-refractivity contribution is -0.121. The molecule has 0 aliphatic carbocycles. The van der Waals surface area contributed by atoms with Crippen LogP contribution in [0, 0.1) is 6.92 Å². The first-order valence-electron chi connectivity index (χ1n) is 8.90. The molecule has 0 saturated heterocycles. The Morgan fingerprint density at radius 1 is 1.07 bits per heavy atom. The summed E-state index contributed by atoms with van der Waals surface area (Å²) >= 11 is 2.42. The molecule has 0 unspecified atom stereocenters. The Hall–Kier alpha value is -3.12. The Balaban J connectivity index is 1.48. The standard InChI is InChI=1S/C18H20N6O4S2/c1-10-21-24-18(29-10)20-16(26)17-23-22-15(30-17)7-6-14(25)19-9-11-4-5-12(27-2)8-13(11)28-3/h4-5,8H,6-7,9H2,1-3H3,(H,19,25)(H,20,24,26). The van der Waals surface area contributed by atoms with E-state index in [2.05, 4.69) is 31.0 Å². The van der Waals surface area contributed by atoms with Gasteiger partial charge in [0.05, 0.1) is 14.2 Å². The van der Waals surface area contributed by atoms with Crippen LogP contribution in [0.5, 0.6) is 11.5 Å². The van der Waals surface area contributed by atoms with E-state index in [0.29, 0.717) is 34.6 Å². The molecule has 2 aromatic heterocycles. The highest BCUT2D eigenvalue weighted by atomic mass is 32.1. The van der Waals surface area contributed by atoms with E-state index in [9.17, 15) is 9.59 Å². The second-order valence-electron chi connectivity index (χ2n) is 6.04. The summed E-state index contributed by atoms with van der Waals surface area (Å²) < 4.78 is 10.5. The molecular formula is C18H20N6O4S2. The monoisotopic (exact) mass is 448 g/mol. The summed E-state index contributed by atoms with van der Waals surface area (Å²) in [4.78, 5) is 24.4. The Bertz CT molecular complexity index is 1040. The Morgan fingerprint density at radius 2 is 1.90 bits per heavy atom. The summed E-state index contributed by atoms with van der Waals surface area (Å²) in [6, 6.07) is 5.41. The van der Waals surface area contributed by atoms with Crippen LogP contribution < -0.4 is 20.1 Å². The molecule has 0 bridgehead atoms. The topological polar surface area (TPSA) is 128 Å². The maximum absolute atomic E-state index is 12.2. The fourth-order valence-corrected chi connectivity index (χ4v) is 3.77. The number of aryl methyl sites for hydroxylation is 2. The number of hydrogen-bond donors (Lipinski definition) is 2. The molecule has 12 heteroatoms. The molecule has 3 aromatic rings. The van der Waals surface area contributed by atoms with Crippen LogP contribution in [0.1, 0.15) is 31.8 Å². The van der Waals surface area contributed by atoms with Crippen LogP contribution in [-0.4, -0.2) is 46.4 Å². The van der Waals surface area contributed by atoms with Crippen LogP contribution in [0.25, 0.3) is 0 Å². The van der Waals surface area contributed by atoms with E-state index in [1.165, 1.54) is 11.3 Å². The molecular weight excluding hydrogens is 428 g/mol. The average Bonchev–Trinajstić information content (AvgIpc) is 3.39. The van der Waals surface area contributed by atoms with E-state index in [1.807, 2.05) is 6.07 Å². The minimum absolute atomic E-state index is 0.140. The third-order valence-electron chi connectivity index (χ3n) is 3.94. The van der Waals surface area contributed by atoms with Gasteiger partial charge in [0.15, 0.2) is 0 Å². The van der Waals surface area contributed by atoms with Gasteiger partial charge >= 0.3 is 0 Å². The van der Waals surface area contributed by atoms with Gasteiger partial charge in [0.25, 0.3) is 5.91 Å². The predicted octanol–water partition coefficient (Wildman–Crippen LogP) is 2.22. The number of carbonyl (C=O) groups is 2. The van der Waals surface area contributed by atoms with Crippen molar-refractivity contribution >= 4 is 39.6 Å². The van der Waals surface area contributed by atoms with Crippen molar-refractivity contribution in [1.82, 2.24) is 25.7 Å². The average molecular weight is 449 g/mol. The number of nitrogens with one attached hydrogen (secondary N) is 2. The SMILES string of the molecule is COc1ccc(CNC(=O)CCc2nnc(C(=O)Nc3nnc(C)s3)s2)c(OC)c1. The molecule has 0 saturated carbocycles. The molecule has 158 valence electrons. The number of ether oxygens (including phenoxy) is 2. The summed E-state index contributed by atoms with van der Waals surface area (Å²) in [5.74, 6) is 0.781. The van der Waals surface area contributed by atoms with Crippen molar-refractivity contribution in [3.63, 3.8) is 0 Å². The number of amides is 2. The largest absolute Gasteiger partial charge is 0.497 e. The number of carbonyl (C=O) groups excluding carboxylic acids is 2. The van der Waals surface area contributed by atoms with Gasteiger partial charge < -0.3 is 14.8 Å². The molecule has 2 amide bonds. The first kappa shape index (κ1) is 21.6. The Labute approximate surface area is 180 Å². The van der Waals surface area contributed by atoms with Crippen LogP contribution in [-0.2, 0) is 17.8 Å². The Kier molecular flexibility index (Phi) is 7.25. The van der Waals surface area contributed by atoms with Crippen LogP contribution in [0.2, 0.25) is 0 Å². The van der Waals surface area contributed by atoms with Crippen molar-refractivity contribution in [3.05, 3.63) is 38.8 Å². The van der Waals surface area contributed by atoms with Crippen molar-refractivity contribution in [2.75, 3.05) is 19.5 Å². The molecule has 1 aromatic carbocycles. The van der Waals surface area contributed by atoms with Gasteiger partial charge in [0, 0.05) is 31.0 Å². The number of anilines is 1. The zero-order chi connectivity index (χ0) is 21.5. The molecule has 0 fully saturated rings. The van der Waals surface area contributed by atoms with Gasteiger partial charge in [0.1, 0.15) is 21.5 Å². The maximum atomic E-state index is 12.2. The number of benzene rings is 1. The van der Waals surface area contributed by atoms with Crippen molar-refractivity contribution in [2.45, 2.75) is 26.3 Å². The van der Waals surface area contributed by atoms with Crippen LogP contribution in [0.15, 0.2) is 18.2 Å². The fraction of sp³-hybridized carbons (Fsp3) is 0.333. The fourth-order valence-electron chi connectivity index (χ4n) is 2.44. The molecule has 0 radical (unpaired) electrons. The third-order valence-corrected chi connectivity index (χ3v) is 5.68. The molecule has 30 heavy (non-hydrogen) atoms. The van der Waals surface area contributed by atoms with Gasteiger partial charge in [-0.1, -0.05) is 22.7 Å². The summed E-state index contributed by atoms with van der Waals surface area (Å²) in [6.07, 6.45) is 0.610. The predicted molar refractivity (Wildman–Crippen MR) is 112 cm³/mol. The number of nitrogens with zero attached hydrogens (tertiary/aromatic N) is 4. The lowest BCUT2D eigenvalue weighted by Gasteiger charge is -2.11. The number of rotatable bonds is 9. The number of hydrogen-bond acceptors (Lipinski definition) is 10. The molecule has 0 atom stereocenters. The number of aromatic nitrogens is 4. The summed E-state index contributed by atoms with van der Waals surface area (Å²) in [5.41, 5.74) is 0.841. The molecule has 10 nitrogen and oxygen atoms in total. The summed E-state index contributed by atoms with van der Waals surface area (Å²) in [6.45, 7) is 2.13. The normalized spacial score (nSPS) is 10.5. The van der Waals surface area contributed by atoms with Crippen LogP contribution >= 0.6 is 22.7 Å². The smallest absolute Gasteiger partial charge is 0.288 e. The van der Waals surface area contributed by atoms with Gasteiger partial charge in [-0.3, -0.25) is 14.9 Å². The lowest BCUT2D eigenvalue weighted by atomic mass is 10.2. The highest BCUT2D eigenvalue weighted by Crippen LogP contribution is 2.24. The molecule has 3 rings (SSSR count). The minimum atomic E-state index is -0.397. The molecule has 0 aliphatic rings. The van der Waals surface area contributed by atoms with E-state index in [0.717, 1.165) is 21.9 Å². The van der Waals surface area contributed by atoms with E-state index in [1.54, 1.807) is 33.3 Å². The molecule has 2 N–H and O–H groups in total. The quantitative estimate of drug-likeness (QED) is 0.510.